The van der Waals surface area contributed by atoms with Crippen molar-refractivity contribution < 1.29 is 27.8 Å². The number of ether oxygens (including phenoxy) is 2. The third-order valence-electron chi connectivity index (χ3n) is 7.18. The quantitative estimate of drug-likeness (QED) is 0.542. The first-order chi connectivity index (χ1) is 16.8. The third kappa shape index (κ3) is 4.87. The first-order valence-electron chi connectivity index (χ1n) is 11.7. The van der Waals surface area contributed by atoms with Crippen LogP contribution in [0.2, 0.25) is 0 Å². The number of benzene rings is 2. The Morgan fingerprint density at radius 3 is 2.17 bits per heavy atom. The second kappa shape index (κ2) is 10.5. The van der Waals surface area contributed by atoms with E-state index in [9.17, 15) is 18.4 Å². The Hall–Kier alpha value is -2.68. The Bertz CT molecular complexity index is 1090. The minimum absolute atomic E-state index is 0.0459. The molecule has 4 rings (SSSR count). The number of halogens is 3. The van der Waals surface area contributed by atoms with Gasteiger partial charge in [-0.3, -0.25) is 9.59 Å². The molecule has 1 aliphatic heterocycles. The molecule has 2 aliphatic rings. The summed E-state index contributed by atoms with van der Waals surface area (Å²) in [7, 11) is 2.49. The lowest BCUT2D eigenvalue weighted by molar-refractivity contribution is -0.133. The highest BCUT2D eigenvalue weighted by molar-refractivity contribution is 9.10. The number of rotatable bonds is 6. The molecule has 35 heavy (non-hydrogen) atoms. The molecule has 188 valence electrons. The topological polar surface area (TPSA) is 67.9 Å². The van der Waals surface area contributed by atoms with Gasteiger partial charge in [-0.25, -0.2) is 8.78 Å². The van der Waals surface area contributed by atoms with Crippen molar-refractivity contribution in [2.45, 2.75) is 32.2 Å². The lowest BCUT2D eigenvalue weighted by Gasteiger charge is -2.46. The smallest absolute Gasteiger partial charge is 0.260 e. The molecule has 2 aromatic rings. The molecule has 0 radical (unpaired) electrons. The molecule has 1 heterocycles. The summed E-state index contributed by atoms with van der Waals surface area (Å²) in [5.41, 5.74) is 0.293. The number of amides is 2. The van der Waals surface area contributed by atoms with Crippen LogP contribution in [-0.4, -0.2) is 44.0 Å². The fourth-order valence-electron chi connectivity index (χ4n) is 5.48. The number of carbonyl (C=O) groups excluding carboxylic acids is 2. The maximum atomic E-state index is 15.0. The van der Waals surface area contributed by atoms with Crippen LogP contribution in [0.4, 0.5) is 8.78 Å². The van der Waals surface area contributed by atoms with Gasteiger partial charge in [-0.15, -0.1) is 0 Å². The zero-order chi connectivity index (χ0) is 25.3. The summed E-state index contributed by atoms with van der Waals surface area (Å²) in [6.45, 7) is 2.46. The second-order valence-corrected chi connectivity index (χ2v) is 10.1. The molecule has 3 atom stereocenters. The van der Waals surface area contributed by atoms with Gasteiger partial charge in [0.1, 0.15) is 5.56 Å². The van der Waals surface area contributed by atoms with Crippen molar-refractivity contribution in [2.24, 2.45) is 17.8 Å². The number of hydrogen-bond donors (Lipinski definition) is 1. The number of likely N-dealkylation sites (tertiary alicyclic amines) is 1. The van der Waals surface area contributed by atoms with E-state index in [2.05, 4.69) is 21.2 Å². The summed E-state index contributed by atoms with van der Waals surface area (Å²) in [4.78, 5) is 28.1. The van der Waals surface area contributed by atoms with E-state index in [1.54, 1.807) is 0 Å². The van der Waals surface area contributed by atoms with Crippen molar-refractivity contribution >= 4 is 27.7 Å². The third-order valence-corrected chi connectivity index (χ3v) is 7.91. The molecule has 2 bridgehead atoms. The number of nitrogens with zero attached hydrogens (tertiary/aromatic N) is 1. The Kier molecular flexibility index (Phi) is 7.64. The summed E-state index contributed by atoms with van der Waals surface area (Å²) in [6.07, 6.45) is 2.50. The minimum Gasteiger partial charge on any atom is -0.494 e. The number of methoxy groups -OCH3 is 2. The summed E-state index contributed by atoms with van der Waals surface area (Å²) in [5.74, 6) is -3.86. The molecule has 1 N–H and O–H groups in total. The average molecular weight is 551 g/mol. The van der Waals surface area contributed by atoms with Gasteiger partial charge in [0.2, 0.25) is 5.91 Å². The molecule has 2 fully saturated rings. The fourth-order valence-corrected chi connectivity index (χ4v) is 6.10. The number of carbonyl (C=O) groups is 2. The lowest BCUT2D eigenvalue weighted by atomic mass is 9.68. The molecule has 1 saturated heterocycles. The van der Waals surface area contributed by atoms with Crippen molar-refractivity contribution in [2.75, 3.05) is 27.3 Å². The zero-order valence-electron chi connectivity index (χ0n) is 19.9. The summed E-state index contributed by atoms with van der Waals surface area (Å²) in [6, 6.07) is 8.63. The number of hydrogen-bond acceptors (Lipinski definition) is 4. The summed E-state index contributed by atoms with van der Waals surface area (Å²) in [5, 5.41) is 3.13. The van der Waals surface area contributed by atoms with Crippen LogP contribution in [-0.2, 0) is 4.79 Å². The average Bonchev–Trinajstić information content (AvgIpc) is 2.83. The van der Waals surface area contributed by atoms with Gasteiger partial charge >= 0.3 is 0 Å². The van der Waals surface area contributed by atoms with Crippen molar-refractivity contribution in [3.05, 3.63) is 57.6 Å². The first-order valence-corrected chi connectivity index (χ1v) is 12.5. The van der Waals surface area contributed by atoms with Crippen molar-refractivity contribution in [1.29, 1.82) is 0 Å². The second-order valence-electron chi connectivity index (χ2n) is 9.22. The summed E-state index contributed by atoms with van der Waals surface area (Å²) < 4.78 is 40.8. The van der Waals surface area contributed by atoms with Crippen molar-refractivity contribution in [3.63, 3.8) is 0 Å². The molecule has 6 nitrogen and oxygen atoms in total. The molecule has 2 aromatic carbocycles. The Labute approximate surface area is 212 Å². The van der Waals surface area contributed by atoms with Gasteiger partial charge in [0.05, 0.1) is 20.3 Å². The predicted molar refractivity (Wildman–Crippen MR) is 130 cm³/mol. The van der Waals surface area contributed by atoms with E-state index in [0.29, 0.717) is 0 Å². The van der Waals surface area contributed by atoms with Crippen LogP contribution in [0.3, 0.4) is 0 Å². The van der Waals surface area contributed by atoms with Crippen LogP contribution in [0.1, 0.15) is 48.1 Å². The van der Waals surface area contributed by atoms with Gasteiger partial charge in [0.15, 0.2) is 23.1 Å². The number of nitrogens with one attached hydrogen (secondary N) is 1. The van der Waals surface area contributed by atoms with E-state index < -0.39 is 23.1 Å². The van der Waals surface area contributed by atoms with Gasteiger partial charge in [-0.1, -0.05) is 40.5 Å². The predicted octanol–water partition coefficient (Wildman–Crippen LogP) is 5.11. The standard InChI is InChI=1S/C26H29BrF2N2O4/c1-14(17-9-4-5-10-18(17)27)30-25(32)21-15-7-6-8-16(21)13-31(12-15)26(33)22-23(28)19(34-2)11-20(35-3)24(22)29/h4-5,9-11,14-16,21H,6-8,12-13H2,1-3H3,(H,30,32). The lowest BCUT2D eigenvalue weighted by Crippen LogP contribution is -2.55. The maximum Gasteiger partial charge on any atom is 0.260 e. The fraction of sp³-hybridized carbons (Fsp3) is 0.462. The summed E-state index contributed by atoms with van der Waals surface area (Å²) >= 11 is 3.53. The van der Waals surface area contributed by atoms with E-state index in [-0.39, 0.29) is 54.3 Å². The van der Waals surface area contributed by atoms with Gasteiger partial charge in [-0.2, -0.15) is 0 Å². The number of fused-ring (bicyclic) bond motifs is 2. The van der Waals surface area contributed by atoms with Gasteiger partial charge in [0, 0.05) is 29.5 Å². The molecule has 3 unspecified atom stereocenters. The molecular weight excluding hydrogens is 522 g/mol. The van der Waals surface area contributed by atoms with Crippen LogP contribution < -0.4 is 14.8 Å². The molecule has 9 heteroatoms. The normalized spacial score (nSPS) is 22.3. The van der Waals surface area contributed by atoms with Gasteiger partial charge in [0.25, 0.3) is 5.91 Å². The molecule has 1 saturated carbocycles. The SMILES string of the molecule is COc1cc(OC)c(F)c(C(=O)N2CC3CCCC(C2)C3C(=O)NC(C)c2ccccc2Br)c1F. The molecule has 2 amide bonds. The van der Waals surface area contributed by atoms with Crippen LogP contribution >= 0.6 is 15.9 Å². The van der Waals surface area contributed by atoms with Gasteiger partial charge < -0.3 is 19.7 Å². The van der Waals surface area contributed by atoms with Crippen LogP contribution in [0.25, 0.3) is 0 Å². The monoisotopic (exact) mass is 550 g/mol. The highest BCUT2D eigenvalue weighted by atomic mass is 79.9. The van der Waals surface area contributed by atoms with Crippen LogP contribution in [0.5, 0.6) is 11.5 Å². The van der Waals surface area contributed by atoms with Crippen LogP contribution in [0, 0.1) is 29.4 Å². The molecule has 1 aliphatic carbocycles. The highest BCUT2D eigenvalue weighted by Gasteiger charge is 2.45. The van der Waals surface area contributed by atoms with Gasteiger partial charge in [-0.05, 0) is 43.2 Å². The van der Waals surface area contributed by atoms with E-state index in [1.807, 2.05) is 31.2 Å². The Balaban J connectivity index is 1.54. The Morgan fingerprint density at radius 1 is 1.06 bits per heavy atom. The molecule has 0 aromatic heterocycles. The Morgan fingerprint density at radius 2 is 1.63 bits per heavy atom. The number of piperidine rings is 1. The van der Waals surface area contributed by atoms with Crippen molar-refractivity contribution in [1.82, 2.24) is 10.2 Å². The maximum absolute atomic E-state index is 15.0. The zero-order valence-corrected chi connectivity index (χ0v) is 21.5. The van der Waals surface area contributed by atoms with Crippen molar-refractivity contribution in [3.8, 4) is 11.5 Å². The minimum atomic E-state index is -1.05. The van der Waals surface area contributed by atoms with Crippen LogP contribution in [0.15, 0.2) is 34.8 Å². The molecule has 0 spiro atoms. The first kappa shape index (κ1) is 25.4. The largest absolute Gasteiger partial charge is 0.494 e. The van der Waals surface area contributed by atoms with E-state index >= 15 is 0 Å². The molecular formula is C26H29BrF2N2O4. The van der Waals surface area contributed by atoms with E-state index in [1.165, 1.54) is 19.1 Å². The van der Waals surface area contributed by atoms with E-state index in [0.717, 1.165) is 35.4 Å². The highest BCUT2D eigenvalue weighted by Crippen LogP contribution is 2.41. The van der Waals surface area contributed by atoms with E-state index in [4.69, 9.17) is 9.47 Å².